The van der Waals surface area contributed by atoms with Gasteiger partial charge in [-0.05, 0) is 6.92 Å². The van der Waals surface area contributed by atoms with Gasteiger partial charge in [-0.2, -0.15) is 0 Å². The second-order valence-electron chi connectivity index (χ2n) is 4.22. The van der Waals surface area contributed by atoms with Crippen LogP contribution in [-0.4, -0.2) is 55.9 Å². The second-order valence-corrected chi connectivity index (χ2v) is 5.20. The zero-order chi connectivity index (χ0) is 14.6. The summed E-state index contributed by atoms with van der Waals surface area (Å²) < 4.78 is 0. The Kier molecular flexibility index (Phi) is 5.11. The SMILES string of the molecule is CCNC(=O)CN(C)C(=O)c1sc(N(C)C)nc1N. The molecule has 0 aromatic carbocycles. The summed E-state index contributed by atoms with van der Waals surface area (Å²) in [5.41, 5.74) is 5.73. The molecule has 7 nitrogen and oxygen atoms in total. The van der Waals surface area contributed by atoms with Crippen LogP contribution in [0.5, 0.6) is 0 Å². The highest BCUT2D eigenvalue weighted by Crippen LogP contribution is 2.27. The number of amides is 2. The number of anilines is 2. The van der Waals surface area contributed by atoms with E-state index in [2.05, 4.69) is 10.3 Å². The number of hydrogen-bond acceptors (Lipinski definition) is 6. The highest BCUT2D eigenvalue weighted by molar-refractivity contribution is 7.18. The summed E-state index contributed by atoms with van der Waals surface area (Å²) in [5, 5.41) is 3.30. The van der Waals surface area contributed by atoms with Crippen molar-refractivity contribution in [2.45, 2.75) is 6.92 Å². The zero-order valence-corrected chi connectivity index (χ0v) is 12.4. The van der Waals surface area contributed by atoms with Crippen LogP contribution in [0.25, 0.3) is 0 Å². The van der Waals surface area contributed by atoms with Gasteiger partial charge in [0.15, 0.2) is 5.13 Å². The Hall–Kier alpha value is -1.83. The predicted molar refractivity (Wildman–Crippen MR) is 76.5 cm³/mol. The van der Waals surface area contributed by atoms with Gasteiger partial charge in [0.2, 0.25) is 5.91 Å². The molecular formula is C11H19N5O2S. The Morgan fingerprint density at radius 3 is 2.47 bits per heavy atom. The summed E-state index contributed by atoms with van der Waals surface area (Å²) in [6.45, 7) is 2.36. The summed E-state index contributed by atoms with van der Waals surface area (Å²) in [5.74, 6) is -0.301. The number of nitrogens with zero attached hydrogens (tertiary/aromatic N) is 3. The highest BCUT2D eigenvalue weighted by Gasteiger charge is 2.21. The van der Waals surface area contributed by atoms with Crippen LogP contribution in [0, 0.1) is 0 Å². The Morgan fingerprint density at radius 2 is 2.00 bits per heavy atom. The minimum atomic E-state index is -0.297. The normalized spacial score (nSPS) is 10.1. The molecule has 1 heterocycles. The van der Waals surface area contributed by atoms with Crippen molar-refractivity contribution in [3.05, 3.63) is 4.88 Å². The van der Waals surface area contributed by atoms with E-state index >= 15 is 0 Å². The molecule has 19 heavy (non-hydrogen) atoms. The van der Waals surface area contributed by atoms with Crippen LogP contribution in [0.2, 0.25) is 0 Å². The molecule has 0 saturated heterocycles. The van der Waals surface area contributed by atoms with Gasteiger partial charge in [-0.3, -0.25) is 9.59 Å². The highest BCUT2D eigenvalue weighted by atomic mass is 32.1. The third kappa shape index (κ3) is 3.82. The Morgan fingerprint density at radius 1 is 1.37 bits per heavy atom. The van der Waals surface area contributed by atoms with Crippen LogP contribution < -0.4 is 16.0 Å². The molecule has 1 aromatic rings. The molecule has 0 aliphatic carbocycles. The van der Waals surface area contributed by atoms with E-state index in [0.717, 1.165) is 0 Å². The molecule has 0 bridgehead atoms. The number of likely N-dealkylation sites (N-methyl/N-ethyl adjacent to an activating group) is 2. The van der Waals surface area contributed by atoms with Crippen molar-refractivity contribution in [3.63, 3.8) is 0 Å². The molecular weight excluding hydrogens is 266 g/mol. The first-order valence-electron chi connectivity index (χ1n) is 5.82. The lowest BCUT2D eigenvalue weighted by atomic mass is 10.4. The van der Waals surface area contributed by atoms with E-state index < -0.39 is 0 Å². The van der Waals surface area contributed by atoms with Crippen molar-refractivity contribution >= 4 is 34.1 Å². The number of nitrogens with two attached hydrogens (primary N) is 1. The monoisotopic (exact) mass is 285 g/mol. The summed E-state index contributed by atoms with van der Waals surface area (Å²) in [4.78, 5) is 31.2. The third-order valence-electron chi connectivity index (χ3n) is 2.32. The maximum Gasteiger partial charge on any atom is 0.268 e. The topological polar surface area (TPSA) is 91.6 Å². The summed E-state index contributed by atoms with van der Waals surface area (Å²) in [6.07, 6.45) is 0. The first-order valence-corrected chi connectivity index (χ1v) is 6.64. The quantitative estimate of drug-likeness (QED) is 0.794. The zero-order valence-electron chi connectivity index (χ0n) is 11.6. The van der Waals surface area contributed by atoms with E-state index in [1.165, 1.54) is 16.2 Å². The van der Waals surface area contributed by atoms with E-state index in [1.807, 2.05) is 21.0 Å². The van der Waals surface area contributed by atoms with E-state index in [4.69, 9.17) is 5.73 Å². The molecule has 0 aliphatic rings. The fraction of sp³-hybridized carbons (Fsp3) is 0.545. The number of carbonyl (C=O) groups is 2. The average molecular weight is 285 g/mol. The van der Waals surface area contributed by atoms with Crippen molar-refractivity contribution in [1.82, 2.24) is 15.2 Å². The van der Waals surface area contributed by atoms with Crippen LogP contribution in [0.3, 0.4) is 0 Å². The van der Waals surface area contributed by atoms with E-state index in [0.29, 0.717) is 16.6 Å². The molecule has 0 saturated carbocycles. The lowest BCUT2D eigenvalue weighted by molar-refractivity contribution is -0.121. The molecule has 2 amide bonds. The maximum absolute atomic E-state index is 12.2. The Bertz CT molecular complexity index is 472. The molecule has 1 aromatic heterocycles. The summed E-state index contributed by atoms with van der Waals surface area (Å²) in [6, 6.07) is 0. The van der Waals surface area contributed by atoms with Gasteiger partial charge in [0, 0.05) is 27.7 Å². The van der Waals surface area contributed by atoms with Gasteiger partial charge in [-0.15, -0.1) is 0 Å². The van der Waals surface area contributed by atoms with Crippen molar-refractivity contribution in [2.24, 2.45) is 0 Å². The molecule has 0 unspecified atom stereocenters. The predicted octanol–water partition coefficient (Wildman–Crippen LogP) is -0.000600. The van der Waals surface area contributed by atoms with Gasteiger partial charge in [0.25, 0.3) is 5.91 Å². The fourth-order valence-electron chi connectivity index (χ4n) is 1.38. The molecule has 0 fully saturated rings. The van der Waals surface area contributed by atoms with Gasteiger partial charge in [-0.1, -0.05) is 11.3 Å². The first-order chi connectivity index (χ1) is 8.86. The molecule has 1 rings (SSSR count). The Labute approximate surface area is 116 Å². The molecule has 0 atom stereocenters. The summed E-state index contributed by atoms with van der Waals surface area (Å²) in [7, 11) is 5.21. The standard InChI is InChI=1S/C11H19N5O2S/c1-5-13-7(17)6-16(4)10(18)8-9(12)14-11(19-8)15(2)3/h5-6,12H2,1-4H3,(H,13,17). The summed E-state index contributed by atoms with van der Waals surface area (Å²) >= 11 is 1.21. The second kappa shape index (κ2) is 6.37. The minimum Gasteiger partial charge on any atom is -0.382 e. The molecule has 0 radical (unpaired) electrons. The van der Waals surface area contributed by atoms with E-state index in [-0.39, 0.29) is 24.2 Å². The third-order valence-corrected chi connectivity index (χ3v) is 3.55. The lowest BCUT2D eigenvalue weighted by Gasteiger charge is -2.15. The van der Waals surface area contributed by atoms with Crippen LogP contribution >= 0.6 is 11.3 Å². The first kappa shape index (κ1) is 15.2. The minimum absolute atomic E-state index is 0.00130. The number of rotatable bonds is 5. The molecule has 0 aliphatic heterocycles. The molecule has 0 spiro atoms. The van der Waals surface area contributed by atoms with Crippen LogP contribution in [0.4, 0.5) is 10.9 Å². The molecule has 106 valence electrons. The van der Waals surface area contributed by atoms with Gasteiger partial charge < -0.3 is 20.9 Å². The number of thiazole rings is 1. The molecule has 3 N–H and O–H groups in total. The average Bonchev–Trinajstić information content (AvgIpc) is 2.70. The van der Waals surface area contributed by atoms with E-state index in [9.17, 15) is 9.59 Å². The smallest absolute Gasteiger partial charge is 0.268 e. The van der Waals surface area contributed by atoms with Crippen LogP contribution in [0.1, 0.15) is 16.6 Å². The van der Waals surface area contributed by atoms with Gasteiger partial charge in [0.05, 0.1) is 6.54 Å². The van der Waals surface area contributed by atoms with Crippen molar-refractivity contribution in [1.29, 1.82) is 0 Å². The van der Waals surface area contributed by atoms with Crippen molar-refractivity contribution in [3.8, 4) is 0 Å². The van der Waals surface area contributed by atoms with Gasteiger partial charge >= 0.3 is 0 Å². The number of carbonyl (C=O) groups excluding carboxylic acids is 2. The van der Waals surface area contributed by atoms with Gasteiger partial charge in [0.1, 0.15) is 10.7 Å². The lowest BCUT2D eigenvalue weighted by Crippen LogP contribution is -2.38. The van der Waals surface area contributed by atoms with Crippen LogP contribution in [-0.2, 0) is 4.79 Å². The number of hydrogen-bond donors (Lipinski definition) is 2. The number of nitrogen functional groups attached to an aromatic ring is 1. The fourth-order valence-corrected chi connectivity index (χ4v) is 2.28. The van der Waals surface area contributed by atoms with Crippen LogP contribution in [0.15, 0.2) is 0 Å². The van der Waals surface area contributed by atoms with Crippen molar-refractivity contribution in [2.75, 3.05) is 44.9 Å². The Balaban J connectivity index is 2.79. The largest absolute Gasteiger partial charge is 0.382 e. The maximum atomic E-state index is 12.2. The number of aromatic nitrogens is 1. The van der Waals surface area contributed by atoms with Crippen molar-refractivity contribution < 1.29 is 9.59 Å². The van der Waals surface area contributed by atoms with E-state index in [1.54, 1.807) is 11.9 Å². The number of nitrogens with one attached hydrogen (secondary N) is 1. The van der Waals surface area contributed by atoms with Gasteiger partial charge in [-0.25, -0.2) is 4.98 Å². The molecule has 8 heteroatoms.